The van der Waals surface area contributed by atoms with Crippen molar-refractivity contribution in [2.45, 2.75) is 26.4 Å². The molecular weight excluding hydrogens is 322 g/mol. The van der Waals surface area contributed by atoms with Crippen molar-refractivity contribution in [2.75, 3.05) is 26.8 Å². The molecule has 25 heavy (non-hydrogen) atoms. The number of benzene rings is 1. The van der Waals surface area contributed by atoms with E-state index in [9.17, 15) is 4.79 Å². The minimum atomic E-state index is -0.361. The van der Waals surface area contributed by atoms with Crippen molar-refractivity contribution in [3.8, 4) is 17.2 Å². The Morgan fingerprint density at radius 3 is 2.80 bits per heavy atom. The molecule has 1 atom stereocenters. The van der Waals surface area contributed by atoms with E-state index in [0.29, 0.717) is 43.8 Å². The molecule has 134 valence electrons. The minimum Gasteiger partial charge on any atom is -0.497 e. The lowest BCUT2D eigenvalue weighted by molar-refractivity contribution is -0.140. The normalized spacial score (nSPS) is 17.8. The molecule has 0 N–H and O–H groups in total. The molecule has 1 aliphatic heterocycles. The third-order valence-electron chi connectivity index (χ3n) is 4.07. The van der Waals surface area contributed by atoms with Gasteiger partial charge in [-0.1, -0.05) is 19.0 Å². The fraction of sp³-hybridized carbons (Fsp3) is 0.500. The number of ether oxygens (including phenoxy) is 2. The Bertz CT molecular complexity index is 711. The van der Waals surface area contributed by atoms with Crippen molar-refractivity contribution in [3.63, 3.8) is 0 Å². The topological polar surface area (TPSA) is 77.7 Å². The number of morpholine rings is 1. The zero-order valence-corrected chi connectivity index (χ0v) is 14.8. The summed E-state index contributed by atoms with van der Waals surface area (Å²) in [5, 5.41) is 4.03. The van der Waals surface area contributed by atoms with Gasteiger partial charge in [0, 0.05) is 18.5 Å². The molecule has 0 saturated carbocycles. The standard InChI is InChI=1S/C18H23N3O4/c1-12(2)10-16(22)21-8-9-24-15(11-21)17-19-18(25-20-17)13-4-6-14(23-3)7-5-13/h4-7,12,15H,8-11H2,1-3H3/t15-/m1/s1. The molecule has 1 aromatic carbocycles. The van der Waals surface area contributed by atoms with E-state index < -0.39 is 0 Å². The van der Waals surface area contributed by atoms with E-state index in [-0.39, 0.29) is 12.0 Å². The molecule has 1 saturated heterocycles. The highest BCUT2D eigenvalue weighted by Crippen LogP contribution is 2.25. The van der Waals surface area contributed by atoms with E-state index in [1.807, 2.05) is 43.0 Å². The molecule has 2 heterocycles. The Morgan fingerprint density at radius 2 is 2.12 bits per heavy atom. The molecule has 1 aromatic heterocycles. The van der Waals surface area contributed by atoms with Crippen molar-refractivity contribution < 1.29 is 18.8 Å². The number of aromatic nitrogens is 2. The van der Waals surface area contributed by atoms with Gasteiger partial charge in [-0.05, 0) is 30.2 Å². The minimum absolute atomic E-state index is 0.141. The molecule has 7 heteroatoms. The van der Waals surface area contributed by atoms with Gasteiger partial charge in [0.25, 0.3) is 5.89 Å². The van der Waals surface area contributed by atoms with Crippen molar-refractivity contribution in [3.05, 3.63) is 30.1 Å². The highest BCUT2D eigenvalue weighted by atomic mass is 16.5. The zero-order valence-electron chi connectivity index (χ0n) is 14.8. The van der Waals surface area contributed by atoms with Crippen LogP contribution in [0.1, 0.15) is 32.2 Å². The second-order valence-electron chi connectivity index (χ2n) is 6.48. The molecule has 2 aromatic rings. The predicted octanol–water partition coefficient (Wildman–Crippen LogP) is 2.69. The molecule has 0 radical (unpaired) electrons. The maximum absolute atomic E-state index is 12.3. The van der Waals surface area contributed by atoms with Gasteiger partial charge in [0.15, 0.2) is 0 Å². The summed E-state index contributed by atoms with van der Waals surface area (Å²) < 4.78 is 16.2. The van der Waals surface area contributed by atoms with E-state index in [1.54, 1.807) is 7.11 Å². The smallest absolute Gasteiger partial charge is 0.258 e. The van der Waals surface area contributed by atoms with E-state index in [0.717, 1.165) is 11.3 Å². The summed E-state index contributed by atoms with van der Waals surface area (Å²) in [5.41, 5.74) is 0.808. The molecule has 1 amide bonds. The van der Waals surface area contributed by atoms with Gasteiger partial charge in [0.05, 0.1) is 20.3 Å². The lowest BCUT2D eigenvalue weighted by atomic mass is 10.1. The maximum Gasteiger partial charge on any atom is 0.258 e. The molecule has 3 rings (SSSR count). The van der Waals surface area contributed by atoms with Crippen LogP contribution in [0, 0.1) is 5.92 Å². The van der Waals surface area contributed by atoms with Gasteiger partial charge >= 0.3 is 0 Å². The number of hydrogen-bond acceptors (Lipinski definition) is 6. The molecule has 0 bridgehead atoms. The Hall–Kier alpha value is -2.41. The summed E-state index contributed by atoms with van der Waals surface area (Å²) in [5.74, 6) is 2.13. The van der Waals surface area contributed by atoms with E-state index in [2.05, 4.69) is 10.1 Å². The van der Waals surface area contributed by atoms with Gasteiger partial charge in [-0.15, -0.1) is 0 Å². The third kappa shape index (κ3) is 4.17. The van der Waals surface area contributed by atoms with Crippen LogP contribution in [-0.2, 0) is 9.53 Å². The predicted molar refractivity (Wildman–Crippen MR) is 91.0 cm³/mol. The quantitative estimate of drug-likeness (QED) is 0.829. The molecule has 1 fully saturated rings. The second kappa shape index (κ2) is 7.65. The Morgan fingerprint density at radius 1 is 1.36 bits per heavy atom. The number of carbonyl (C=O) groups is 1. The molecular formula is C18H23N3O4. The number of amides is 1. The van der Waals surface area contributed by atoms with Crippen LogP contribution >= 0.6 is 0 Å². The third-order valence-corrected chi connectivity index (χ3v) is 4.07. The van der Waals surface area contributed by atoms with E-state index in [1.165, 1.54) is 0 Å². The summed E-state index contributed by atoms with van der Waals surface area (Å²) in [7, 11) is 1.62. The van der Waals surface area contributed by atoms with Crippen LogP contribution < -0.4 is 4.74 Å². The molecule has 0 aliphatic carbocycles. The number of rotatable bonds is 5. The number of hydrogen-bond donors (Lipinski definition) is 0. The maximum atomic E-state index is 12.3. The fourth-order valence-corrected chi connectivity index (χ4v) is 2.73. The summed E-state index contributed by atoms with van der Waals surface area (Å²) in [6.07, 6.45) is 0.177. The molecule has 0 spiro atoms. The van der Waals surface area contributed by atoms with Crippen LogP contribution in [0.5, 0.6) is 5.75 Å². The van der Waals surface area contributed by atoms with Crippen LogP contribution in [-0.4, -0.2) is 47.8 Å². The zero-order chi connectivity index (χ0) is 17.8. The largest absolute Gasteiger partial charge is 0.497 e. The second-order valence-corrected chi connectivity index (χ2v) is 6.48. The number of nitrogens with zero attached hydrogens (tertiary/aromatic N) is 3. The summed E-state index contributed by atoms with van der Waals surface area (Å²) in [4.78, 5) is 18.5. The van der Waals surface area contributed by atoms with E-state index >= 15 is 0 Å². The number of carbonyl (C=O) groups excluding carboxylic acids is 1. The van der Waals surface area contributed by atoms with Crippen LogP contribution in [0.15, 0.2) is 28.8 Å². The first-order valence-electron chi connectivity index (χ1n) is 8.44. The first kappa shape index (κ1) is 17.4. The van der Waals surface area contributed by atoms with Gasteiger partial charge in [0.1, 0.15) is 11.9 Å². The van der Waals surface area contributed by atoms with Crippen LogP contribution in [0.3, 0.4) is 0 Å². The molecule has 1 aliphatic rings. The van der Waals surface area contributed by atoms with Crippen LogP contribution in [0.4, 0.5) is 0 Å². The van der Waals surface area contributed by atoms with Gasteiger partial charge in [0.2, 0.25) is 11.7 Å². The van der Waals surface area contributed by atoms with Gasteiger partial charge in [-0.3, -0.25) is 4.79 Å². The summed E-state index contributed by atoms with van der Waals surface area (Å²) in [6.45, 7) is 5.60. The first-order valence-corrected chi connectivity index (χ1v) is 8.44. The van der Waals surface area contributed by atoms with Gasteiger partial charge < -0.3 is 18.9 Å². The lowest BCUT2D eigenvalue weighted by Crippen LogP contribution is -2.42. The summed E-state index contributed by atoms with van der Waals surface area (Å²) in [6, 6.07) is 7.39. The van der Waals surface area contributed by atoms with Crippen molar-refractivity contribution in [1.82, 2.24) is 15.0 Å². The Balaban J connectivity index is 1.69. The molecule has 7 nitrogen and oxygen atoms in total. The van der Waals surface area contributed by atoms with Crippen molar-refractivity contribution in [1.29, 1.82) is 0 Å². The SMILES string of the molecule is COc1ccc(-c2nc([C@H]3CN(C(=O)CC(C)C)CCO3)no2)cc1. The first-order chi connectivity index (χ1) is 12.1. The van der Waals surface area contributed by atoms with Crippen molar-refractivity contribution in [2.24, 2.45) is 5.92 Å². The Kier molecular flexibility index (Phi) is 5.33. The van der Waals surface area contributed by atoms with Crippen molar-refractivity contribution >= 4 is 5.91 Å². The fourth-order valence-electron chi connectivity index (χ4n) is 2.73. The van der Waals surface area contributed by atoms with Crippen LogP contribution in [0.2, 0.25) is 0 Å². The highest BCUT2D eigenvalue weighted by Gasteiger charge is 2.29. The van der Waals surface area contributed by atoms with E-state index in [4.69, 9.17) is 14.0 Å². The van der Waals surface area contributed by atoms with Gasteiger partial charge in [-0.2, -0.15) is 4.98 Å². The Labute approximate surface area is 146 Å². The van der Waals surface area contributed by atoms with Crippen LogP contribution in [0.25, 0.3) is 11.5 Å². The average molecular weight is 345 g/mol. The average Bonchev–Trinajstić information content (AvgIpc) is 3.11. The monoisotopic (exact) mass is 345 g/mol. The number of methoxy groups -OCH3 is 1. The highest BCUT2D eigenvalue weighted by molar-refractivity contribution is 5.76. The molecule has 0 unspecified atom stereocenters. The summed E-state index contributed by atoms with van der Waals surface area (Å²) >= 11 is 0. The van der Waals surface area contributed by atoms with Gasteiger partial charge in [-0.25, -0.2) is 0 Å². The lowest BCUT2D eigenvalue weighted by Gasteiger charge is -2.31.